The number of carbonyl (C=O) groups is 2. The molecule has 2 heterocycles. The second kappa shape index (κ2) is 8.93. The van der Waals surface area contributed by atoms with E-state index >= 15 is 0 Å². The molecule has 1 aromatic heterocycles. The lowest BCUT2D eigenvalue weighted by atomic mass is 9.94. The van der Waals surface area contributed by atoms with Crippen LogP contribution in [0.5, 0.6) is 11.5 Å². The van der Waals surface area contributed by atoms with Crippen LogP contribution < -0.4 is 9.47 Å². The van der Waals surface area contributed by atoms with E-state index in [0.717, 1.165) is 5.56 Å². The number of Topliss-reactive ketones (excluding diaryl/α,β-unsaturated/α-hetero) is 1. The van der Waals surface area contributed by atoms with Crippen LogP contribution in [-0.4, -0.2) is 40.9 Å². The Morgan fingerprint density at radius 2 is 1.66 bits per heavy atom. The summed E-state index contributed by atoms with van der Waals surface area (Å²) < 4.78 is 10.8. The summed E-state index contributed by atoms with van der Waals surface area (Å²) in [5, 5.41) is 11.4. The fourth-order valence-electron chi connectivity index (χ4n) is 3.93. The Hall–Kier alpha value is -4.13. The van der Waals surface area contributed by atoms with E-state index in [1.165, 1.54) is 19.1 Å². The van der Waals surface area contributed by atoms with Crippen molar-refractivity contribution in [2.24, 2.45) is 0 Å². The van der Waals surface area contributed by atoms with Crippen molar-refractivity contribution in [1.82, 2.24) is 9.88 Å². The Kier molecular flexibility index (Phi) is 5.89. The zero-order valence-corrected chi connectivity index (χ0v) is 17.7. The highest BCUT2D eigenvalue weighted by Gasteiger charge is 2.46. The largest absolute Gasteiger partial charge is 0.506 e. The minimum absolute atomic E-state index is 0.0205. The number of aromatic nitrogens is 1. The number of nitrogens with zero attached hydrogens (tertiary/aromatic N) is 2. The molecule has 1 N–H and O–H groups in total. The van der Waals surface area contributed by atoms with Crippen molar-refractivity contribution >= 4 is 17.4 Å². The molecule has 4 rings (SSSR count). The van der Waals surface area contributed by atoms with Crippen molar-refractivity contribution in [2.45, 2.75) is 12.6 Å². The van der Waals surface area contributed by atoms with Crippen LogP contribution in [0.2, 0.25) is 0 Å². The number of hydrogen-bond acceptors (Lipinski definition) is 6. The highest BCUT2D eigenvalue weighted by Crippen LogP contribution is 2.43. The Labute approximate surface area is 185 Å². The minimum Gasteiger partial charge on any atom is -0.506 e. The third-order valence-corrected chi connectivity index (χ3v) is 5.40. The molecule has 162 valence electrons. The molecule has 1 aliphatic heterocycles. The SMILES string of the molecule is COc1cccc(OC)c1/C(O)=C1\C(=O)C(=O)N(Cc2cccnc2)C1c1ccccc1. The van der Waals surface area contributed by atoms with Crippen LogP contribution in [0.4, 0.5) is 0 Å². The van der Waals surface area contributed by atoms with Crippen molar-refractivity contribution < 1.29 is 24.2 Å². The first-order valence-corrected chi connectivity index (χ1v) is 10.0. The van der Waals surface area contributed by atoms with E-state index in [1.807, 2.05) is 36.4 Å². The zero-order valence-electron chi connectivity index (χ0n) is 17.7. The second-order valence-electron chi connectivity index (χ2n) is 7.24. The van der Waals surface area contributed by atoms with Gasteiger partial charge in [0.15, 0.2) is 0 Å². The molecule has 1 saturated heterocycles. The number of pyridine rings is 1. The first kappa shape index (κ1) is 21.1. The summed E-state index contributed by atoms with van der Waals surface area (Å²) in [6.07, 6.45) is 3.28. The Bertz CT molecular complexity index is 1150. The van der Waals surface area contributed by atoms with Crippen molar-refractivity contribution in [3.05, 3.63) is 95.3 Å². The second-order valence-corrected chi connectivity index (χ2v) is 7.24. The maximum Gasteiger partial charge on any atom is 0.295 e. The van der Waals surface area contributed by atoms with E-state index in [2.05, 4.69) is 4.98 Å². The molecular weight excluding hydrogens is 408 g/mol. The van der Waals surface area contributed by atoms with Gasteiger partial charge in [0.1, 0.15) is 22.8 Å². The van der Waals surface area contributed by atoms with Gasteiger partial charge in [-0.25, -0.2) is 0 Å². The number of likely N-dealkylation sites (tertiary alicyclic amines) is 1. The Balaban J connectivity index is 1.92. The van der Waals surface area contributed by atoms with Crippen molar-refractivity contribution in [3.8, 4) is 11.5 Å². The summed E-state index contributed by atoms with van der Waals surface area (Å²) in [5.74, 6) is -1.16. The molecule has 0 spiro atoms. The number of methoxy groups -OCH3 is 2. The van der Waals surface area contributed by atoms with Crippen LogP contribution in [0, 0.1) is 0 Å². The van der Waals surface area contributed by atoms with Gasteiger partial charge in [-0.2, -0.15) is 0 Å². The predicted molar refractivity (Wildman–Crippen MR) is 118 cm³/mol. The predicted octanol–water partition coefficient (Wildman–Crippen LogP) is 3.72. The van der Waals surface area contributed by atoms with Gasteiger partial charge >= 0.3 is 0 Å². The van der Waals surface area contributed by atoms with Gasteiger partial charge in [0.2, 0.25) is 0 Å². The number of benzene rings is 2. The molecule has 7 nitrogen and oxygen atoms in total. The van der Waals surface area contributed by atoms with Crippen molar-refractivity contribution in [2.75, 3.05) is 14.2 Å². The lowest BCUT2D eigenvalue weighted by Gasteiger charge is -2.25. The molecule has 0 radical (unpaired) electrons. The number of ketones is 1. The van der Waals surface area contributed by atoms with Crippen LogP contribution in [0.25, 0.3) is 5.76 Å². The van der Waals surface area contributed by atoms with Gasteiger partial charge in [-0.1, -0.05) is 42.5 Å². The maximum absolute atomic E-state index is 13.2. The lowest BCUT2D eigenvalue weighted by Crippen LogP contribution is -2.29. The summed E-state index contributed by atoms with van der Waals surface area (Å²) in [5.41, 5.74) is 1.67. The summed E-state index contributed by atoms with van der Waals surface area (Å²) in [4.78, 5) is 31.8. The summed E-state index contributed by atoms with van der Waals surface area (Å²) in [6.45, 7) is 0.164. The lowest BCUT2D eigenvalue weighted by molar-refractivity contribution is -0.140. The van der Waals surface area contributed by atoms with Crippen molar-refractivity contribution in [1.29, 1.82) is 0 Å². The fourth-order valence-corrected chi connectivity index (χ4v) is 3.93. The molecule has 1 fully saturated rings. The van der Waals surface area contributed by atoms with Crippen LogP contribution in [0.1, 0.15) is 22.7 Å². The zero-order chi connectivity index (χ0) is 22.7. The van der Waals surface area contributed by atoms with Gasteiger partial charge in [-0.05, 0) is 29.3 Å². The van der Waals surface area contributed by atoms with Crippen LogP contribution in [0.15, 0.2) is 78.6 Å². The van der Waals surface area contributed by atoms with Gasteiger partial charge < -0.3 is 19.5 Å². The van der Waals surface area contributed by atoms with Crippen molar-refractivity contribution in [3.63, 3.8) is 0 Å². The molecule has 1 atom stereocenters. The highest BCUT2D eigenvalue weighted by atomic mass is 16.5. The molecule has 32 heavy (non-hydrogen) atoms. The Morgan fingerprint density at radius 1 is 0.969 bits per heavy atom. The quantitative estimate of drug-likeness (QED) is 0.364. The number of rotatable bonds is 6. The molecule has 7 heteroatoms. The average Bonchev–Trinajstić information content (AvgIpc) is 3.09. The van der Waals surface area contributed by atoms with Gasteiger partial charge in [0, 0.05) is 18.9 Å². The number of aliphatic hydroxyl groups excluding tert-OH is 1. The van der Waals surface area contributed by atoms with Gasteiger partial charge in [0.25, 0.3) is 11.7 Å². The van der Waals surface area contributed by atoms with E-state index in [0.29, 0.717) is 17.1 Å². The molecule has 0 saturated carbocycles. The number of amides is 1. The van der Waals surface area contributed by atoms with E-state index in [9.17, 15) is 14.7 Å². The molecule has 0 bridgehead atoms. The van der Waals surface area contributed by atoms with Crippen LogP contribution in [0.3, 0.4) is 0 Å². The topological polar surface area (TPSA) is 89.0 Å². The molecule has 1 aliphatic rings. The highest BCUT2D eigenvalue weighted by molar-refractivity contribution is 6.46. The van der Waals surface area contributed by atoms with E-state index in [4.69, 9.17) is 9.47 Å². The Morgan fingerprint density at radius 3 is 2.25 bits per heavy atom. The smallest absolute Gasteiger partial charge is 0.295 e. The summed E-state index contributed by atoms with van der Waals surface area (Å²) in [7, 11) is 2.92. The number of aliphatic hydroxyl groups is 1. The van der Waals surface area contributed by atoms with Gasteiger partial charge in [0.05, 0.1) is 25.8 Å². The maximum atomic E-state index is 13.2. The molecule has 1 unspecified atom stereocenters. The van der Waals surface area contributed by atoms with E-state index in [-0.39, 0.29) is 23.4 Å². The van der Waals surface area contributed by atoms with E-state index < -0.39 is 17.7 Å². The average molecular weight is 430 g/mol. The molecule has 1 amide bonds. The first-order chi connectivity index (χ1) is 15.6. The molecular formula is C25H22N2O5. The normalized spacial score (nSPS) is 17.4. The fraction of sp³-hybridized carbons (Fsp3) is 0.160. The van der Waals surface area contributed by atoms with Crippen LogP contribution >= 0.6 is 0 Å². The number of carbonyl (C=O) groups excluding carboxylic acids is 2. The monoisotopic (exact) mass is 430 g/mol. The van der Waals surface area contributed by atoms with Crippen LogP contribution in [-0.2, 0) is 16.1 Å². The third-order valence-electron chi connectivity index (χ3n) is 5.40. The molecule has 3 aromatic rings. The molecule has 0 aliphatic carbocycles. The number of ether oxygens (including phenoxy) is 2. The van der Waals surface area contributed by atoms with Gasteiger partial charge in [-0.15, -0.1) is 0 Å². The molecule has 2 aromatic carbocycles. The van der Waals surface area contributed by atoms with E-state index in [1.54, 1.807) is 36.7 Å². The van der Waals surface area contributed by atoms with Gasteiger partial charge in [-0.3, -0.25) is 14.6 Å². The standard InChI is InChI=1S/C25H22N2O5/c1-31-18-11-6-12-19(32-2)20(18)23(28)21-22(17-9-4-3-5-10-17)27(25(30)24(21)29)15-16-8-7-13-26-14-16/h3-14,22,28H,15H2,1-2H3/b23-21+. The third kappa shape index (κ3) is 3.69. The number of hydrogen-bond donors (Lipinski definition) is 1. The minimum atomic E-state index is -0.786. The first-order valence-electron chi connectivity index (χ1n) is 10.0. The summed E-state index contributed by atoms with van der Waals surface area (Å²) >= 11 is 0. The summed E-state index contributed by atoms with van der Waals surface area (Å²) in [6, 6.07) is 17.0.